The number of hydrogen-bond acceptors (Lipinski definition) is 3. The molecule has 1 aliphatic carbocycles. The zero-order valence-electron chi connectivity index (χ0n) is 15.1. The molecule has 0 aromatic heterocycles. The van der Waals surface area contributed by atoms with Crippen molar-refractivity contribution >= 4 is 35.1 Å². The molecule has 2 bridgehead atoms. The number of phenols is 1. The molecule has 2 aliphatic rings. The Bertz CT molecular complexity index is 940. The number of aromatic hydroxyl groups is 1. The predicted molar refractivity (Wildman–Crippen MR) is 109 cm³/mol. The van der Waals surface area contributed by atoms with Gasteiger partial charge in [0.1, 0.15) is 5.75 Å². The van der Waals surface area contributed by atoms with Gasteiger partial charge in [0.05, 0.1) is 10.0 Å². The minimum atomic E-state index is -0.206. The van der Waals surface area contributed by atoms with Crippen LogP contribution in [0.5, 0.6) is 5.75 Å². The molecular weight excluding hydrogens is 381 g/mol. The maximum Gasteiger partial charge on any atom is 0.161 e. The summed E-state index contributed by atoms with van der Waals surface area (Å²) in [6.07, 6.45) is 4.19. The molecule has 27 heavy (non-hydrogen) atoms. The number of likely N-dealkylation sites (N-methyl/N-ethyl adjacent to an activating group) is 1. The smallest absolute Gasteiger partial charge is 0.161 e. The fraction of sp³-hybridized carbons (Fsp3) is 0.318. The minimum Gasteiger partial charge on any atom is -0.508 e. The molecule has 5 heteroatoms. The molecule has 0 radical (unpaired) electrons. The molecule has 1 N–H and O–H groups in total. The van der Waals surface area contributed by atoms with E-state index in [1.54, 1.807) is 18.2 Å². The highest BCUT2D eigenvalue weighted by Crippen LogP contribution is 2.48. The van der Waals surface area contributed by atoms with Crippen molar-refractivity contribution in [1.29, 1.82) is 0 Å². The quantitative estimate of drug-likeness (QED) is 0.712. The summed E-state index contributed by atoms with van der Waals surface area (Å²) >= 11 is 12.1. The lowest BCUT2D eigenvalue weighted by atomic mass is 9.61. The molecule has 0 unspecified atom stereocenters. The molecule has 0 spiro atoms. The van der Waals surface area contributed by atoms with Gasteiger partial charge in [-0.05, 0) is 67.9 Å². The number of halogens is 2. The van der Waals surface area contributed by atoms with E-state index in [4.69, 9.17) is 23.2 Å². The minimum absolute atomic E-state index is 0.0526. The second kappa shape index (κ2) is 6.97. The van der Waals surface area contributed by atoms with E-state index in [0.717, 1.165) is 36.1 Å². The molecule has 2 fully saturated rings. The summed E-state index contributed by atoms with van der Waals surface area (Å²) in [6, 6.07) is 12.9. The average Bonchev–Trinajstić information content (AvgIpc) is 2.64. The highest BCUT2D eigenvalue weighted by atomic mass is 35.5. The molecule has 1 aliphatic heterocycles. The van der Waals surface area contributed by atoms with E-state index in [1.807, 2.05) is 30.3 Å². The van der Waals surface area contributed by atoms with E-state index in [1.165, 1.54) is 0 Å². The number of nitrogens with zero attached hydrogens (tertiary/aromatic N) is 1. The lowest BCUT2D eigenvalue weighted by Crippen LogP contribution is -2.53. The van der Waals surface area contributed by atoms with Crippen LogP contribution in [0.4, 0.5) is 0 Å². The van der Waals surface area contributed by atoms with E-state index in [2.05, 4.69) is 11.9 Å². The van der Waals surface area contributed by atoms with Crippen LogP contribution < -0.4 is 0 Å². The molecular formula is C22H21Cl2NO2. The number of ketones is 1. The summed E-state index contributed by atoms with van der Waals surface area (Å²) in [5.41, 5.74) is 2.56. The van der Waals surface area contributed by atoms with Gasteiger partial charge in [-0.25, -0.2) is 0 Å². The van der Waals surface area contributed by atoms with Crippen molar-refractivity contribution in [3.8, 4) is 5.75 Å². The van der Waals surface area contributed by atoms with Crippen LogP contribution in [0.2, 0.25) is 10.0 Å². The second-order valence-corrected chi connectivity index (χ2v) is 8.47. The van der Waals surface area contributed by atoms with E-state index < -0.39 is 0 Å². The lowest BCUT2D eigenvalue weighted by molar-refractivity contribution is -0.120. The number of carbonyl (C=O) groups is 1. The Morgan fingerprint density at radius 1 is 1.19 bits per heavy atom. The van der Waals surface area contributed by atoms with Crippen LogP contribution in [0.3, 0.4) is 0 Å². The van der Waals surface area contributed by atoms with Crippen molar-refractivity contribution < 1.29 is 9.90 Å². The van der Waals surface area contributed by atoms with Crippen LogP contribution in [0.1, 0.15) is 30.4 Å². The Morgan fingerprint density at radius 3 is 2.74 bits per heavy atom. The van der Waals surface area contributed by atoms with E-state index in [-0.39, 0.29) is 23.0 Å². The number of hydrogen-bond donors (Lipinski definition) is 1. The third kappa shape index (κ3) is 3.40. The van der Waals surface area contributed by atoms with Crippen LogP contribution in [-0.2, 0) is 10.2 Å². The summed E-state index contributed by atoms with van der Waals surface area (Å²) in [5, 5.41) is 10.9. The van der Waals surface area contributed by atoms with Gasteiger partial charge in [0.25, 0.3) is 0 Å². The Kier molecular flexibility index (Phi) is 4.79. The fourth-order valence-corrected chi connectivity index (χ4v) is 4.74. The first-order chi connectivity index (χ1) is 12.9. The van der Waals surface area contributed by atoms with E-state index in [9.17, 15) is 9.90 Å². The Morgan fingerprint density at radius 2 is 2.00 bits per heavy atom. The molecule has 2 aromatic rings. The lowest BCUT2D eigenvalue weighted by Gasteiger charge is -2.50. The normalized spacial score (nSPS) is 27.1. The predicted octanol–water partition coefficient (Wildman–Crippen LogP) is 5.09. The van der Waals surface area contributed by atoms with E-state index in [0.29, 0.717) is 16.5 Å². The van der Waals surface area contributed by atoms with Gasteiger partial charge in [0.2, 0.25) is 0 Å². The molecule has 1 heterocycles. The molecule has 4 rings (SSSR count). The van der Waals surface area contributed by atoms with Crippen LogP contribution in [-0.4, -0.2) is 35.4 Å². The van der Waals surface area contributed by atoms with Crippen molar-refractivity contribution in [2.24, 2.45) is 0 Å². The Labute approximate surface area is 169 Å². The van der Waals surface area contributed by atoms with Crippen LogP contribution in [0.15, 0.2) is 48.0 Å². The largest absolute Gasteiger partial charge is 0.508 e. The van der Waals surface area contributed by atoms with Crippen molar-refractivity contribution in [3.05, 3.63) is 69.2 Å². The Balaban J connectivity index is 1.73. The second-order valence-electron chi connectivity index (χ2n) is 7.65. The topological polar surface area (TPSA) is 40.5 Å². The Hall–Kier alpha value is -1.81. The van der Waals surface area contributed by atoms with Gasteiger partial charge in [0.15, 0.2) is 5.78 Å². The SMILES string of the molecule is CN1CC[C@@]2(c3cccc(O)c3)CC(=O)/C(=C/c3ccc(Cl)c(Cl)c3)[C@H]1C2. The number of rotatable bonds is 2. The third-order valence-electron chi connectivity index (χ3n) is 5.96. The summed E-state index contributed by atoms with van der Waals surface area (Å²) < 4.78 is 0. The van der Waals surface area contributed by atoms with Crippen LogP contribution in [0.25, 0.3) is 6.08 Å². The summed E-state index contributed by atoms with van der Waals surface area (Å²) in [7, 11) is 2.07. The maximum atomic E-state index is 13.2. The molecule has 0 amide bonds. The van der Waals surface area contributed by atoms with Crippen LogP contribution >= 0.6 is 23.2 Å². The molecule has 2 aromatic carbocycles. The number of phenolic OH excluding ortho intramolecular Hbond substituents is 1. The van der Waals surface area contributed by atoms with Gasteiger partial charge in [-0.15, -0.1) is 0 Å². The summed E-state index contributed by atoms with van der Waals surface area (Å²) in [5.74, 6) is 0.411. The van der Waals surface area contributed by atoms with Crippen molar-refractivity contribution in [3.63, 3.8) is 0 Å². The average molecular weight is 402 g/mol. The van der Waals surface area contributed by atoms with Gasteiger partial charge in [-0.1, -0.05) is 41.4 Å². The van der Waals surface area contributed by atoms with Gasteiger partial charge in [-0.3, -0.25) is 9.69 Å². The van der Waals surface area contributed by atoms with Crippen molar-refractivity contribution in [1.82, 2.24) is 4.90 Å². The zero-order valence-corrected chi connectivity index (χ0v) is 16.6. The summed E-state index contributed by atoms with van der Waals surface area (Å²) in [6.45, 7) is 0.909. The first-order valence-electron chi connectivity index (χ1n) is 9.08. The fourth-order valence-electron chi connectivity index (χ4n) is 4.44. The monoisotopic (exact) mass is 401 g/mol. The van der Waals surface area contributed by atoms with Gasteiger partial charge < -0.3 is 5.11 Å². The maximum absolute atomic E-state index is 13.2. The van der Waals surface area contributed by atoms with Crippen molar-refractivity contribution in [2.75, 3.05) is 13.6 Å². The number of benzene rings is 2. The molecule has 1 saturated carbocycles. The number of fused-ring (bicyclic) bond motifs is 2. The number of carbonyl (C=O) groups excluding carboxylic acids is 1. The molecule has 140 valence electrons. The zero-order chi connectivity index (χ0) is 19.2. The highest BCUT2D eigenvalue weighted by Gasteiger charge is 2.48. The molecule has 2 atom stereocenters. The van der Waals surface area contributed by atoms with Gasteiger partial charge in [0, 0.05) is 23.5 Å². The van der Waals surface area contributed by atoms with Crippen LogP contribution in [0, 0.1) is 0 Å². The van der Waals surface area contributed by atoms with E-state index >= 15 is 0 Å². The van der Waals surface area contributed by atoms with Gasteiger partial charge in [-0.2, -0.15) is 0 Å². The number of likely N-dealkylation sites (tertiary alicyclic amines) is 1. The first-order valence-corrected chi connectivity index (χ1v) is 9.83. The molecule has 1 saturated heterocycles. The van der Waals surface area contributed by atoms with Gasteiger partial charge >= 0.3 is 0 Å². The first kappa shape index (κ1) is 18.5. The standard InChI is InChI=1S/C22H21Cl2NO2/c1-25-8-7-22(15-3-2-4-16(26)11-15)12-20(25)17(21(27)13-22)9-14-5-6-18(23)19(24)10-14/h2-6,9-11,20,26H,7-8,12-13H2,1H3/b17-9+/t20-,22+/m1/s1. The molecule has 3 nitrogen and oxygen atoms in total. The summed E-state index contributed by atoms with van der Waals surface area (Å²) in [4.78, 5) is 15.4. The number of piperidine rings is 1. The number of Topliss-reactive ketones (excluding diaryl/α,β-unsaturated/α-hetero) is 1. The van der Waals surface area contributed by atoms with Crippen molar-refractivity contribution in [2.45, 2.75) is 30.7 Å². The highest BCUT2D eigenvalue weighted by molar-refractivity contribution is 6.42. The third-order valence-corrected chi connectivity index (χ3v) is 6.70.